The van der Waals surface area contributed by atoms with Crippen molar-refractivity contribution in [2.45, 2.75) is 38.9 Å². The van der Waals surface area contributed by atoms with Crippen LogP contribution >= 0.6 is 0 Å². The molecule has 0 atom stereocenters. The second kappa shape index (κ2) is 5.83. The molecule has 0 aliphatic carbocycles. The van der Waals surface area contributed by atoms with Crippen LogP contribution in [0.25, 0.3) is 32.7 Å². The first kappa shape index (κ1) is 17.1. The van der Waals surface area contributed by atoms with E-state index in [0.29, 0.717) is 7.48 Å². The molecule has 0 spiro atoms. The molecular formula is C21H22BNO3. The third-order valence-corrected chi connectivity index (χ3v) is 5.39. The molecule has 2 heterocycles. The summed E-state index contributed by atoms with van der Waals surface area (Å²) in [6.07, 6.45) is 3.58. The van der Waals surface area contributed by atoms with Crippen molar-refractivity contribution in [3.05, 3.63) is 48.8 Å². The molecule has 0 fully saturated rings. The van der Waals surface area contributed by atoms with Crippen molar-refractivity contribution in [3.63, 3.8) is 0 Å². The number of fused-ring (bicyclic) bond motifs is 5. The number of aromatic nitrogens is 1. The van der Waals surface area contributed by atoms with Crippen molar-refractivity contribution >= 4 is 45.7 Å². The molecule has 0 bridgehead atoms. The van der Waals surface area contributed by atoms with Gasteiger partial charge in [0.05, 0.1) is 11.2 Å². The number of furan rings is 1. The van der Waals surface area contributed by atoms with Crippen LogP contribution in [0, 0.1) is 0 Å². The molecule has 0 aliphatic heterocycles. The Bertz CT molecular complexity index is 1110. The topological polar surface area (TPSA) is 55.5 Å². The van der Waals surface area contributed by atoms with E-state index in [0.717, 1.165) is 38.2 Å². The van der Waals surface area contributed by atoms with Crippen molar-refractivity contribution in [2.75, 3.05) is 0 Å². The van der Waals surface area contributed by atoms with Gasteiger partial charge in [-0.2, -0.15) is 0 Å². The van der Waals surface area contributed by atoms with Gasteiger partial charge in [0.1, 0.15) is 11.2 Å². The number of hydrogen-bond donors (Lipinski definition) is 1. The van der Waals surface area contributed by atoms with Gasteiger partial charge in [-0.3, -0.25) is 4.98 Å². The monoisotopic (exact) mass is 347 g/mol. The van der Waals surface area contributed by atoms with E-state index < -0.39 is 11.2 Å². The zero-order chi connectivity index (χ0) is 18.5. The zero-order valence-electron chi connectivity index (χ0n) is 15.5. The quantitative estimate of drug-likeness (QED) is 0.572. The van der Waals surface area contributed by atoms with Crippen LogP contribution in [0.3, 0.4) is 0 Å². The van der Waals surface area contributed by atoms with Crippen LogP contribution in [0.2, 0.25) is 0 Å². The molecule has 4 aromatic rings. The highest BCUT2D eigenvalue weighted by Gasteiger charge is 2.35. The van der Waals surface area contributed by atoms with Crippen molar-refractivity contribution in [3.8, 4) is 0 Å². The van der Waals surface area contributed by atoms with E-state index in [1.807, 2.05) is 26.1 Å². The summed E-state index contributed by atoms with van der Waals surface area (Å²) in [6, 6.07) is 12.3. The minimum Gasteiger partial charge on any atom is -0.455 e. The van der Waals surface area contributed by atoms with Crippen molar-refractivity contribution in [1.29, 1.82) is 0 Å². The average molecular weight is 347 g/mol. The van der Waals surface area contributed by atoms with Gasteiger partial charge in [0.2, 0.25) is 0 Å². The summed E-state index contributed by atoms with van der Waals surface area (Å²) in [5.74, 6) is 0. The minimum absolute atomic E-state index is 0.422. The van der Waals surface area contributed by atoms with E-state index in [4.69, 9.17) is 9.07 Å². The lowest BCUT2D eigenvalue weighted by Crippen LogP contribution is -2.49. The molecular weight excluding hydrogens is 325 g/mol. The highest BCUT2D eigenvalue weighted by molar-refractivity contribution is 6.47. The van der Waals surface area contributed by atoms with Crippen LogP contribution in [-0.2, 0) is 4.65 Å². The molecule has 0 radical (unpaired) electrons. The van der Waals surface area contributed by atoms with Gasteiger partial charge in [0.15, 0.2) is 0 Å². The Morgan fingerprint density at radius 2 is 1.77 bits per heavy atom. The van der Waals surface area contributed by atoms with Crippen LogP contribution in [-0.4, -0.2) is 28.8 Å². The van der Waals surface area contributed by atoms with E-state index in [9.17, 15) is 5.11 Å². The fourth-order valence-corrected chi connectivity index (χ4v) is 2.97. The number of pyridine rings is 1. The lowest BCUT2D eigenvalue weighted by Gasteiger charge is -2.37. The Labute approximate surface area is 153 Å². The first-order valence-electron chi connectivity index (χ1n) is 8.80. The van der Waals surface area contributed by atoms with Gasteiger partial charge in [-0.1, -0.05) is 29.7 Å². The van der Waals surface area contributed by atoms with Crippen molar-refractivity contribution in [1.82, 2.24) is 4.98 Å². The van der Waals surface area contributed by atoms with Gasteiger partial charge in [0.25, 0.3) is 0 Å². The summed E-state index contributed by atoms with van der Waals surface area (Å²) < 4.78 is 12.1. The summed E-state index contributed by atoms with van der Waals surface area (Å²) in [5.41, 5.74) is 1.17. The second-order valence-electron chi connectivity index (χ2n) is 7.83. The van der Waals surface area contributed by atoms with Crippen molar-refractivity contribution < 1.29 is 14.2 Å². The van der Waals surface area contributed by atoms with Crippen molar-refractivity contribution in [2.24, 2.45) is 0 Å². The smallest absolute Gasteiger partial charge is 0.309 e. The van der Waals surface area contributed by atoms with Gasteiger partial charge >= 0.3 is 7.48 Å². The lowest BCUT2D eigenvalue weighted by atomic mass is 9.82. The molecule has 0 amide bonds. The molecule has 4 nitrogen and oxygen atoms in total. The van der Waals surface area contributed by atoms with Gasteiger partial charge in [-0.15, -0.1) is 0 Å². The first-order valence-corrected chi connectivity index (χ1v) is 8.80. The molecule has 26 heavy (non-hydrogen) atoms. The first-order chi connectivity index (χ1) is 12.3. The molecule has 132 valence electrons. The Morgan fingerprint density at radius 1 is 1.00 bits per heavy atom. The average Bonchev–Trinajstić information content (AvgIpc) is 2.98. The number of nitrogens with zero attached hydrogens (tertiary/aromatic N) is 1. The standard InChI is InChI=1S/C21H22BNO3/c1-20(2,24)21(3,4)26-22-14-7-5-13-6-8-15-17-12-23-10-9-18(17)25-19(15)16(13)11-14/h5-12,22,24H,1-4H3. The zero-order valence-corrected chi connectivity index (χ0v) is 15.5. The molecule has 0 saturated carbocycles. The van der Waals surface area contributed by atoms with Crippen LogP contribution < -0.4 is 5.46 Å². The summed E-state index contributed by atoms with van der Waals surface area (Å²) in [7, 11) is 0.422. The largest absolute Gasteiger partial charge is 0.455 e. The summed E-state index contributed by atoms with van der Waals surface area (Å²) in [6.45, 7) is 7.33. The highest BCUT2D eigenvalue weighted by Crippen LogP contribution is 2.33. The summed E-state index contributed by atoms with van der Waals surface area (Å²) in [5, 5.41) is 14.5. The normalized spacial score (nSPS) is 13.0. The molecule has 2 aromatic heterocycles. The van der Waals surface area contributed by atoms with E-state index in [1.165, 1.54) is 0 Å². The molecule has 0 unspecified atom stereocenters. The predicted molar refractivity (Wildman–Crippen MR) is 107 cm³/mol. The Balaban J connectivity index is 1.77. The molecule has 4 rings (SSSR count). The second-order valence-corrected chi connectivity index (χ2v) is 7.83. The molecule has 0 aliphatic rings. The maximum atomic E-state index is 10.3. The third-order valence-electron chi connectivity index (χ3n) is 5.39. The minimum atomic E-state index is -0.928. The third kappa shape index (κ3) is 2.77. The lowest BCUT2D eigenvalue weighted by molar-refractivity contribution is -0.0893. The molecule has 1 N–H and O–H groups in total. The van der Waals surface area contributed by atoms with Crippen LogP contribution in [0.4, 0.5) is 0 Å². The Kier molecular flexibility index (Phi) is 3.83. The maximum Gasteiger partial charge on any atom is 0.309 e. The maximum absolute atomic E-state index is 10.3. The fourth-order valence-electron chi connectivity index (χ4n) is 2.97. The Hall–Kier alpha value is -2.37. The van der Waals surface area contributed by atoms with Crippen LogP contribution in [0.15, 0.2) is 53.2 Å². The summed E-state index contributed by atoms with van der Waals surface area (Å²) in [4.78, 5) is 4.21. The van der Waals surface area contributed by atoms with Gasteiger partial charge < -0.3 is 14.2 Å². The highest BCUT2D eigenvalue weighted by atomic mass is 16.5. The van der Waals surface area contributed by atoms with E-state index in [1.54, 1.807) is 20.0 Å². The molecule has 5 heteroatoms. The van der Waals surface area contributed by atoms with Gasteiger partial charge in [-0.05, 0) is 45.2 Å². The van der Waals surface area contributed by atoms with E-state index >= 15 is 0 Å². The van der Waals surface area contributed by atoms with E-state index in [-0.39, 0.29) is 0 Å². The number of benzene rings is 2. The molecule has 2 aromatic carbocycles. The fraction of sp³-hybridized carbons (Fsp3) is 0.286. The number of hydrogen-bond acceptors (Lipinski definition) is 4. The number of rotatable bonds is 4. The summed E-state index contributed by atoms with van der Waals surface area (Å²) >= 11 is 0. The van der Waals surface area contributed by atoms with E-state index in [2.05, 4.69) is 35.3 Å². The number of aliphatic hydroxyl groups is 1. The van der Waals surface area contributed by atoms with Gasteiger partial charge in [0, 0.05) is 28.6 Å². The van der Waals surface area contributed by atoms with Crippen LogP contribution in [0.5, 0.6) is 0 Å². The SMILES string of the molecule is CC(C)(O)C(C)(C)OBc1ccc2ccc3c4cnccc4oc3c2c1. The molecule has 0 saturated heterocycles. The van der Waals surface area contributed by atoms with Crippen LogP contribution in [0.1, 0.15) is 27.7 Å². The predicted octanol–water partition coefficient (Wildman–Crippen LogP) is 3.68. The van der Waals surface area contributed by atoms with Gasteiger partial charge in [-0.25, -0.2) is 0 Å². The Morgan fingerprint density at radius 3 is 2.54 bits per heavy atom.